The van der Waals surface area contributed by atoms with Crippen molar-refractivity contribution in [1.82, 2.24) is 9.80 Å². The molecule has 0 bridgehead atoms. The average Bonchev–Trinajstić information content (AvgIpc) is 3.65. The summed E-state index contributed by atoms with van der Waals surface area (Å²) in [5.74, 6) is 0.280. The lowest BCUT2D eigenvalue weighted by atomic mass is 9.82. The quantitative estimate of drug-likeness (QED) is 0.194. The van der Waals surface area contributed by atoms with Crippen LogP contribution in [0, 0.1) is 5.92 Å². The first-order valence-electron chi connectivity index (χ1n) is 15.4. The van der Waals surface area contributed by atoms with E-state index in [9.17, 15) is 14.4 Å². The van der Waals surface area contributed by atoms with Crippen LogP contribution in [0.4, 0.5) is 4.79 Å². The normalized spacial score (nSPS) is 19.0. The maximum Gasteiger partial charge on any atom is 0.511 e. The number of hydrogen-bond donors (Lipinski definition) is 0. The van der Waals surface area contributed by atoms with Crippen LogP contribution < -0.4 is 14.2 Å². The summed E-state index contributed by atoms with van der Waals surface area (Å²) >= 11 is 0. The highest BCUT2D eigenvalue weighted by Gasteiger charge is 2.49. The number of likely N-dealkylation sites (tertiary alicyclic amines) is 1. The number of benzene rings is 2. The summed E-state index contributed by atoms with van der Waals surface area (Å²) in [6, 6.07) is 12.6. The SMILES string of the molecule is CCCCN(CCCC)C(=O)CN1C[C@H](c2ccc3c(c2)OCO3)[C@@H](C(=O)OCOC(=O)OCC)[C@@H]1c1ccc(OC)cc1. The largest absolute Gasteiger partial charge is 0.511 e. The number of fused-ring (bicyclic) bond motifs is 1. The van der Waals surface area contributed by atoms with Gasteiger partial charge < -0.3 is 33.3 Å². The average molecular weight is 613 g/mol. The summed E-state index contributed by atoms with van der Waals surface area (Å²) in [4.78, 5) is 43.5. The second-order valence-corrected chi connectivity index (χ2v) is 10.9. The zero-order valence-electron chi connectivity index (χ0n) is 26.1. The Morgan fingerprint density at radius 3 is 2.23 bits per heavy atom. The van der Waals surface area contributed by atoms with Gasteiger partial charge in [0.1, 0.15) is 5.75 Å². The maximum absolute atomic E-state index is 13.9. The van der Waals surface area contributed by atoms with E-state index in [4.69, 9.17) is 28.4 Å². The first kappa shape index (κ1) is 32.9. The van der Waals surface area contributed by atoms with Crippen molar-refractivity contribution in [3.63, 3.8) is 0 Å². The van der Waals surface area contributed by atoms with Crippen LogP contribution in [0.15, 0.2) is 42.5 Å². The van der Waals surface area contributed by atoms with E-state index in [2.05, 4.69) is 18.7 Å². The molecule has 2 aromatic carbocycles. The van der Waals surface area contributed by atoms with E-state index in [0.29, 0.717) is 36.9 Å². The van der Waals surface area contributed by atoms with Crippen molar-refractivity contribution in [2.75, 3.05) is 53.5 Å². The lowest BCUT2D eigenvalue weighted by Gasteiger charge is -2.30. The van der Waals surface area contributed by atoms with Crippen LogP contribution in [0.5, 0.6) is 17.2 Å². The Morgan fingerprint density at radius 2 is 1.57 bits per heavy atom. The molecule has 1 amide bonds. The van der Waals surface area contributed by atoms with Gasteiger partial charge >= 0.3 is 12.1 Å². The highest BCUT2D eigenvalue weighted by atomic mass is 16.8. The van der Waals surface area contributed by atoms with Crippen LogP contribution in [0.25, 0.3) is 0 Å². The van der Waals surface area contributed by atoms with Crippen molar-refractivity contribution >= 4 is 18.0 Å². The fourth-order valence-electron chi connectivity index (χ4n) is 5.78. The lowest BCUT2D eigenvalue weighted by molar-refractivity contribution is -0.160. The summed E-state index contributed by atoms with van der Waals surface area (Å²) in [6.07, 6.45) is 2.90. The van der Waals surface area contributed by atoms with Crippen LogP contribution >= 0.6 is 0 Å². The summed E-state index contributed by atoms with van der Waals surface area (Å²) in [7, 11) is 1.59. The Kier molecular flexibility index (Phi) is 12.1. The molecule has 2 aliphatic rings. The summed E-state index contributed by atoms with van der Waals surface area (Å²) < 4.78 is 31.8. The number of ether oxygens (including phenoxy) is 6. The van der Waals surface area contributed by atoms with Gasteiger partial charge in [0.15, 0.2) is 11.5 Å². The van der Waals surface area contributed by atoms with Gasteiger partial charge in [0.25, 0.3) is 0 Å². The van der Waals surface area contributed by atoms with Gasteiger partial charge in [0, 0.05) is 31.6 Å². The molecule has 0 unspecified atom stereocenters. The van der Waals surface area contributed by atoms with Crippen LogP contribution in [0.1, 0.15) is 69.5 Å². The van der Waals surface area contributed by atoms with Crippen molar-refractivity contribution in [3.05, 3.63) is 53.6 Å². The predicted molar refractivity (Wildman–Crippen MR) is 162 cm³/mol. The molecule has 2 heterocycles. The number of rotatable bonds is 15. The molecule has 2 aliphatic heterocycles. The molecular weight excluding hydrogens is 568 g/mol. The van der Waals surface area contributed by atoms with Gasteiger partial charge in [0.05, 0.1) is 26.2 Å². The van der Waals surface area contributed by atoms with Gasteiger partial charge in [-0.3, -0.25) is 14.5 Å². The van der Waals surface area contributed by atoms with Crippen LogP contribution in [0.3, 0.4) is 0 Å². The van der Waals surface area contributed by atoms with E-state index >= 15 is 0 Å². The molecule has 0 spiro atoms. The van der Waals surface area contributed by atoms with Crippen molar-refractivity contribution in [2.24, 2.45) is 5.92 Å². The molecule has 240 valence electrons. The third-order valence-electron chi connectivity index (χ3n) is 8.05. The first-order valence-corrected chi connectivity index (χ1v) is 15.4. The number of esters is 1. The predicted octanol–water partition coefficient (Wildman–Crippen LogP) is 5.28. The van der Waals surface area contributed by atoms with E-state index in [0.717, 1.165) is 36.8 Å². The topological polar surface area (TPSA) is 113 Å². The van der Waals surface area contributed by atoms with Gasteiger partial charge in [-0.25, -0.2) is 4.79 Å². The molecule has 1 fully saturated rings. The van der Waals surface area contributed by atoms with E-state index in [-0.39, 0.29) is 31.8 Å². The molecule has 11 heteroatoms. The van der Waals surface area contributed by atoms with Crippen LogP contribution in [-0.4, -0.2) is 81.3 Å². The van der Waals surface area contributed by atoms with E-state index < -0.39 is 30.9 Å². The second-order valence-electron chi connectivity index (χ2n) is 10.9. The number of hydrogen-bond acceptors (Lipinski definition) is 10. The lowest BCUT2D eigenvalue weighted by Crippen LogP contribution is -2.42. The second kappa shape index (κ2) is 16.2. The zero-order chi connectivity index (χ0) is 31.5. The van der Waals surface area contributed by atoms with Gasteiger partial charge in [0.2, 0.25) is 19.5 Å². The number of carbonyl (C=O) groups is 3. The molecule has 4 rings (SSSR count). The molecule has 3 atom stereocenters. The number of amides is 1. The number of methoxy groups -OCH3 is 1. The van der Waals surface area contributed by atoms with Crippen molar-refractivity contribution in [2.45, 2.75) is 58.4 Å². The molecule has 1 saturated heterocycles. The summed E-state index contributed by atoms with van der Waals surface area (Å²) in [6.45, 7) is 7.49. The smallest absolute Gasteiger partial charge is 0.497 e. The van der Waals surface area contributed by atoms with Gasteiger partial charge in [-0.1, -0.05) is 44.9 Å². The number of carbonyl (C=O) groups excluding carboxylic acids is 3. The number of unbranched alkanes of at least 4 members (excludes halogenated alkanes) is 2. The molecule has 44 heavy (non-hydrogen) atoms. The maximum atomic E-state index is 13.9. The van der Waals surface area contributed by atoms with E-state index in [1.54, 1.807) is 14.0 Å². The van der Waals surface area contributed by atoms with Gasteiger partial charge in [-0.15, -0.1) is 0 Å². The van der Waals surface area contributed by atoms with Crippen molar-refractivity contribution < 1.29 is 42.8 Å². The number of nitrogens with zero attached hydrogens (tertiary/aromatic N) is 2. The molecular formula is C33H44N2O9. The Bertz CT molecular complexity index is 1240. The minimum atomic E-state index is -0.919. The minimum Gasteiger partial charge on any atom is -0.497 e. The Balaban J connectivity index is 1.69. The Labute approximate surface area is 259 Å². The van der Waals surface area contributed by atoms with E-state index in [1.165, 1.54) is 0 Å². The summed E-state index contributed by atoms with van der Waals surface area (Å²) in [5.41, 5.74) is 1.69. The molecule has 0 saturated carbocycles. The monoisotopic (exact) mass is 612 g/mol. The molecule has 11 nitrogen and oxygen atoms in total. The Morgan fingerprint density at radius 1 is 0.886 bits per heavy atom. The van der Waals surface area contributed by atoms with Crippen LogP contribution in [-0.2, 0) is 23.8 Å². The van der Waals surface area contributed by atoms with Gasteiger partial charge in [-0.05, 0) is 55.2 Å². The molecule has 0 radical (unpaired) electrons. The van der Waals surface area contributed by atoms with Crippen molar-refractivity contribution in [3.8, 4) is 17.2 Å². The third-order valence-corrected chi connectivity index (χ3v) is 8.05. The standard InChI is InChI=1S/C33H44N2O9/c1-5-8-16-34(17-9-6-2)29(36)20-35-19-26(24-12-15-27-28(18-24)42-21-41-27)30(32(37)43-22-44-33(38)40-7-3)31(35)23-10-13-25(39-4)14-11-23/h10-15,18,26,30-31H,5-9,16-17,19-22H2,1-4H3/t26-,30-,31+/m1/s1. The first-order chi connectivity index (χ1) is 21.4. The fraction of sp³-hybridized carbons (Fsp3) is 0.545. The van der Waals surface area contributed by atoms with Crippen LogP contribution in [0.2, 0.25) is 0 Å². The summed E-state index contributed by atoms with van der Waals surface area (Å²) in [5, 5.41) is 0. The Hall–Kier alpha value is -3.99. The molecule has 0 aromatic heterocycles. The third kappa shape index (κ3) is 8.13. The molecule has 2 aromatic rings. The molecule has 0 N–H and O–H groups in total. The minimum absolute atomic E-state index is 0.0227. The zero-order valence-corrected chi connectivity index (χ0v) is 26.1. The van der Waals surface area contributed by atoms with Gasteiger partial charge in [-0.2, -0.15) is 0 Å². The highest BCUT2D eigenvalue weighted by molar-refractivity contribution is 5.80. The molecule has 0 aliphatic carbocycles. The highest BCUT2D eigenvalue weighted by Crippen LogP contribution is 2.48. The van der Waals surface area contributed by atoms with Crippen molar-refractivity contribution in [1.29, 1.82) is 0 Å². The fourth-order valence-corrected chi connectivity index (χ4v) is 5.78. The van der Waals surface area contributed by atoms with E-state index in [1.807, 2.05) is 47.4 Å².